The van der Waals surface area contributed by atoms with Crippen LogP contribution in [-0.4, -0.2) is 49.4 Å². The molecule has 3 aromatic rings. The van der Waals surface area contributed by atoms with Crippen LogP contribution in [0, 0.1) is 0 Å². The van der Waals surface area contributed by atoms with Gasteiger partial charge in [0.2, 0.25) is 0 Å². The molecular weight excluding hydrogens is 400 g/mol. The van der Waals surface area contributed by atoms with Gasteiger partial charge in [0.25, 0.3) is 0 Å². The number of para-hydroxylation sites is 1. The van der Waals surface area contributed by atoms with Crippen molar-refractivity contribution >= 4 is 22.4 Å². The smallest absolute Gasteiger partial charge is 0.161 e. The summed E-state index contributed by atoms with van der Waals surface area (Å²) in [7, 11) is 5.62. The summed E-state index contributed by atoms with van der Waals surface area (Å²) in [5.74, 6) is 2.37. The molecular formula is C26H30N4O2. The van der Waals surface area contributed by atoms with Crippen molar-refractivity contribution in [1.29, 1.82) is 0 Å². The van der Waals surface area contributed by atoms with Gasteiger partial charge in [0, 0.05) is 29.0 Å². The molecule has 5 rings (SSSR count). The zero-order valence-corrected chi connectivity index (χ0v) is 19.0. The maximum atomic E-state index is 5.60. The number of likely N-dealkylation sites (tertiary alicyclic amines) is 1. The predicted octanol–water partition coefficient (Wildman–Crippen LogP) is 4.85. The van der Waals surface area contributed by atoms with Gasteiger partial charge in [0.1, 0.15) is 5.82 Å². The second-order valence-corrected chi connectivity index (χ2v) is 8.86. The summed E-state index contributed by atoms with van der Waals surface area (Å²) in [5, 5.41) is 5.91. The molecule has 1 aromatic heterocycles. The summed E-state index contributed by atoms with van der Waals surface area (Å²) >= 11 is 0. The van der Waals surface area contributed by atoms with Crippen LogP contribution in [0.2, 0.25) is 0 Å². The first-order valence-electron chi connectivity index (χ1n) is 11.2. The van der Waals surface area contributed by atoms with E-state index in [9.17, 15) is 0 Å². The number of pyridine rings is 1. The van der Waals surface area contributed by atoms with Crippen molar-refractivity contribution in [2.24, 2.45) is 5.10 Å². The van der Waals surface area contributed by atoms with E-state index in [1.54, 1.807) is 14.2 Å². The Morgan fingerprint density at radius 1 is 1.03 bits per heavy atom. The molecule has 2 aromatic carbocycles. The third-order valence-electron chi connectivity index (χ3n) is 7.25. The highest BCUT2D eigenvalue weighted by molar-refractivity contribution is 5.87. The minimum absolute atomic E-state index is 0.120. The fraction of sp³-hybridized carbons (Fsp3) is 0.385. The Labute approximate surface area is 189 Å². The van der Waals surface area contributed by atoms with Crippen molar-refractivity contribution in [3.63, 3.8) is 0 Å². The second kappa shape index (κ2) is 8.43. The molecule has 2 aliphatic rings. The molecule has 1 aliphatic carbocycles. The highest BCUT2D eigenvalue weighted by Crippen LogP contribution is 2.49. The second-order valence-electron chi connectivity index (χ2n) is 8.86. The summed E-state index contributed by atoms with van der Waals surface area (Å²) in [6.45, 7) is 1.09. The minimum Gasteiger partial charge on any atom is -0.493 e. The number of aromatic nitrogens is 1. The lowest BCUT2D eigenvalue weighted by molar-refractivity contribution is 0.226. The van der Waals surface area contributed by atoms with E-state index >= 15 is 0 Å². The first-order valence-corrected chi connectivity index (χ1v) is 11.2. The summed E-state index contributed by atoms with van der Waals surface area (Å²) in [4.78, 5) is 7.17. The van der Waals surface area contributed by atoms with Gasteiger partial charge in [-0.15, -0.1) is 0 Å². The van der Waals surface area contributed by atoms with Crippen molar-refractivity contribution < 1.29 is 9.47 Å². The molecule has 0 spiro atoms. The van der Waals surface area contributed by atoms with Gasteiger partial charge in [-0.1, -0.05) is 24.3 Å². The van der Waals surface area contributed by atoms with Gasteiger partial charge in [0.05, 0.1) is 19.7 Å². The molecule has 0 radical (unpaired) electrons. The molecule has 0 bridgehead atoms. The highest BCUT2D eigenvalue weighted by atomic mass is 16.5. The number of benzene rings is 2. The molecule has 2 fully saturated rings. The number of hydrazone groups is 1. The van der Waals surface area contributed by atoms with Crippen LogP contribution in [0.4, 0.5) is 5.82 Å². The molecule has 2 atom stereocenters. The molecule has 0 unspecified atom stereocenters. The van der Waals surface area contributed by atoms with Gasteiger partial charge >= 0.3 is 0 Å². The number of nitrogens with one attached hydrogen (secondary N) is 1. The quantitative estimate of drug-likeness (QED) is 0.587. The Balaban J connectivity index is 1.38. The van der Waals surface area contributed by atoms with Gasteiger partial charge in [-0.05, 0) is 68.8 Å². The molecule has 2 heterocycles. The Morgan fingerprint density at radius 3 is 2.72 bits per heavy atom. The van der Waals surface area contributed by atoms with E-state index in [0.29, 0.717) is 6.04 Å². The molecule has 6 nitrogen and oxygen atoms in total. The largest absolute Gasteiger partial charge is 0.493 e. The van der Waals surface area contributed by atoms with Gasteiger partial charge < -0.3 is 14.4 Å². The number of anilines is 1. The zero-order valence-electron chi connectivity index (χ0n) is 19.0. The number of methoxy groups -OCH3 is 2. The molecule has 0 amide bonds. The van der Waals surface area contributed by atoms with E-state index < -0.39 is 0 Å². The topological polar surface area (TPSA) is 59.0 Å². The number of hydrogen-bond donors (Lipinski definition) is 1. The van der Waals surface area contributed by atoms with E-state index in [1.807, 2.05) is 30.3 Å². The molecule has 1 saturated carbocycles. The van der Waals surface area contributed by atoms with Crippen LogP contribution >= 0.6 is 0 Å². The number of likely N-dealkylation sites (N-methyl/N-ethyl adjacent to an activating group) is 1. The SMILES string of the molecule is COc1ccc([C@@]23CCC(=NNc4ccc5ccccc5n4)C[C@@H]2N(C)CC3)cc1OC. The number of hydrogen-bond acceptors (Lipinski definition) is 6. The van der Waals surface area contributed by atoms with Crippen LogP contribution in [-0.2, 0) is 5.41 Å². The minimum atomic E-state index is 0.120. The molecule has 6 heteroatoms. The van der Waals surface area contributed by atoms with Crippen molar-refractivity contribution in [1.82, 2.24) is 9.88 Å². The summed E-state index contributed by atoms with van der Waals surface area (Å²) in [6, 6.07) is 19.1. The average molecular weight is 431 g/mol. The van der Waals surface area contributed by atoms with Crippen LogP contribution in [0.1, 0.15) is 31.2 Å². The monoisotopic (exact) mass is 430 g/mol. The molecule has 1 aliphatic heterocycles. The Kier molecular flexibility index (Phi) is 5.47. The van der Waals surface area contributed by atoms with Gasteiger partial charge in [-0.3, -0.25) is 5.43 Å². The van der Waals surface area contributed by atoms with E-state index in [4.69, 9.17) is 14.6 Å². The lowest BCUT2D eigenvalue weighted by atomic mass is 9.65. The lowest BCUT2D eigenvalue weighted by Crippen LogP contribution is -2.46. The van der Waals surface area contributed by atoms with E-state index in [1.165, 1.54) is 11.3 Å². The molecule has 1 saturated heterocycles. The van der Waals surface area contributed by atoms with Crippen molar-refractivity contribution in [3.8, 4) is 11.5 Å². The van der Waals surface area contributed by atoms with Crippen LogP contribution in [0.25, 0.3) is 10.9 Å². The van der Waals surface area contributed by atoms with Gasteiger partial charge in [0.15, 0.2) is 11.5 Å². The van der Waals surface area contributed by atoms with Gasteiger partial charge in [-0.2, -0.15) is 5.10 Å². The fourth-order valence-corrected chi connectivity index (χ4v) is 5.45. The van der Waals surface area contributed by atoms with Crippen molar-refractivity contribution in [2.45, 2.75) is 37.1 Å². The summed E-state index contributed by atoms with van der Waals surface area (Å²) < 4.78 is 11.1. The third kappa shape index (κ3) is 3.58. The van der Waals surface area contributed by atoms with Crippen molar-refractivity contribution in [2.75, 3.05) is 33.2 Å². The van der Waals surface area contributed by atoms with Crippen LogP contribution < -0.4 is 14.9 Å². The zero-order chi connectivity index (χ0) is 22.1. The predicted molar refractivity (Wildman–Crippen MR) is 129 cm³/mol. The number of rotatable bonds is 5. The lowest BCUT2D eigenvalue weighted by Gasteiger charge is -2.42. The Hall–Kier alpha value is -3.12. The van der Waals surface area contributed by atoms with E-state index in [-0.39, 0.29) is 5.41 Å². The normalized spacial score (nSPS) is 24.5. The maximum absolute atomic E-state index is 5.60. The maximum Gasteiger partial charge on any atom is 0.161 e. The number of ether oxygens (including phenoxy) is 2. The average Bonchev–Trinajstić information content (AvgIpc) is 3.19. The molecule has 1 N–H and O–H groups in total. The standard InChI is InChI=1S/C26H30N4O2/c1-30-15-14-26(19-9-10-22(31-2)23(16-19)32-3)13-12-20(17-24(26)30)28-29-25-11-8-18-6-4-5-7-21(18)27-25/h4-11,16,24H,12-15,17H2,1-3H3,(H,27,29)/t24-,26-/m0/s1. The van der Waals surface area contributed by atoms with E-state index in [0.717, 1.165) is 60.4 Å². The van der Waals surface area contributed by atoms with E-state index in [2.05, 4.69) is 46.6 Å². The molecule has 32 heavy (non-hydrogen) atoms. The first-order chi connectivity index (χ1) is 15.6. The third-order valence-corrected chi connectivity index (χ3v) is 7.25. The Morgan fingerprint density at radius 2 is 1.88 bits per heavy atom. The molecule has 166 valence electrons. The van der Waals surface area contributed by atoms with Gasteiger partial charge in [-0.25, -0.2) is 4.98 Å². The van der Waals surface area contributed by atoms with Crippen LogP contribution in [0.15, 0.2) is 59.7 Å². The van der Waals surface area contributed by atoms with Crippen molar-refractivity contribution in [3.05, 3.63) is 60.2 Å². The number of nitrogens with zero attached hydrogens (tertiary/aromatic N) is 3. The van der Waals surface area contributed by atoms with Crippen LogP contribution in [0.3, 0.4) is 0 Å². The summed E-state index contributed by atoms with van der Waals surface area (Å²) in [5.41, 5.74) is 6.85. The number of fused-ring (bicyclic) bond motifs is 2. The summed E-state index contributed by atoms with van der Waals surface area (Å²) in [6.07, 6.45) is 4.14. The Bertz CT molecular complexity index is 1160. The van der Waals surface area contributed by atoms with Crippen LogP contribution in [0.5, 0.6) is 11.5 Å². The highest BCUT2D eigenvalue weighted by Gasteiger charge is 2.49. The fourth-order valence-electron chi connectivity index (χ4n) is 5.45. The first kappa shape index (κ1) is 20.8.